The van der Waals surface area contributed by atoms with Gasteiger partial charge in [-0.05, 0) is 0 Å². The van der Waals surface area contributed by atoms with Gasteiger partial charge in [0.1, 0.15) is 0 Å². The van der Waals surface area contributed by atoms with Crippen molar-refractivity contribution in [2.45, 2.75) is 6.42 Å². The highest BCUT2D eigenvalue weighted by molar-refractivity contribution is 9.18. The van der Waals surface area contributed by atoms with E-state index in [1.54, 1.807) is 0 Å². The van der Waals surface area contributed by atoms with E-state index in [1.807, 2.05) is 12.1 Å². The molecular weight excluding hydrogens is 156 g/mol. The monoisotopic (exact) mass is 162 g/mol. The Kier molecular flexibility index (Phi) is 1.32. The SMILES string of the molecule is CN1CCC(Br)=[N+]1. The van der Waals surface area contributed by atoms with Crippen molar-refractivity contribution in [2.24, 2.45) is 0 Å². The standard InChI is InChI=1S/C4H7BrN2/c1-7-3-2-4(5)6-7/h2-3H2,1H3/q+1. The van der Waals surface area contributed by atoms with Crippen LogP contribution in [0, 0.1) is 0 Å². The Morgan fingerprint density at radius 1 is 1.86 bits per heavy atom. The summed E-state index contributed by atoms with van der Waals surface area (Å²) < 4.78 is 1.06. The van der Waals surface area contributed by atoms with E-state index in [-0.39, 0.29) is 0 Å². The highest BCUT2D eigenvalue weighted by Crippen LogP contribution is 1.99. The number of rotatable bonds is 0. The molecule has 39 valence electrons. The molecule has 0 aromatic heterocycles. The molecular formula is C4H7BrN2+. The van der Waals surface area contributed by atoms with Crippen molar-refractivity contribution in [2.75, 3.05) is 13.6 Å². The summed E-state index contributed by atoms with van der Waals surface area (Å²) in [5.74, 6) is 0. The molecule has 3 heteroatoms. The van der Waals surface area contributed by atoms with E-state index < -0.39 is 0 Å². The molecule has 0 aromatic rings. The van der Waals surface area contributed by atoms with Crippen LogP contribution in [0.3, 0.4) is 0 Å². The summed E-state index contributed by atoms with van der Waals surface area (Å²) in [5, 5.41) is 5.98. The third-order valence-electron chi connectivity index (χ3n) is 0.921. The largest absolute Gasteiger partial charge is 0.329 e. The van der Waals surface area contributed by atoms with Crippen molar-refractivity contribution in [1.82, 2.24) is 10.1 Å². The van der Waals surface area contributed by atoms with Gasteiger partial charge in [0.15, 0.2) is 5.10 Å². The van der Waals surface area contributed by atoms with E-state index in [4.69, 9.17) is 0 Å². The summed E-state index contributed by atoms with van der Waals surface area (Å²) in [6, 6.07) is 0. The lowest BCUT2D eigenvalue weighted by atomic mass is 10.5. The minimum atomic E-state index is 1.06. The Morgan fingerprint density at radius 2 is 2.57 bits per heavy atom. The van der Waals surface area contributed by atoms with Crippen molar-refractivity contribution in [3.63, 3.8) is 0 Å². The summed E-state index contributed by atoms with van der Waals surface area (Å²) in [6.45, 7) is 1.06. The fourth-order valence-corrected chi connectivity index (χ4v) is 0.987. The predicted octanol–water partition coefficient (Wildman–Crippen LogP) is 0.366. The van der Waals surface area contributed by atoms with Crippen LogP contribution in [-0.4, -0.2) is 23.2 Å². The molecule has 0 atom stereocenters. The summed E-state index contributed by atoms with van der Waals surface area (Å²) in [5.41, 5.74) is 0. The quantitative estimate of drug-likeness (QED) is 0.504. The van der Waals surface area contributed by atoms with E-state index in [9.17, 15) is 0 Å². The number of hydrazone groups is 1. The molecule has 0 bridgehead atoms. The molecule has 1 rings (SSSR count). The molecule has 0 fully saturated rings. The first-order valence-electron chi connectivity index (χ1n) is 2.23. The van der Waals surface area contributed by atoms with Gasteiger partial charge < -0.3 is 0 Å². The topological polar surface area (TPSA) is 17.3 Å². The van der Waals surface area contributed by atoms with Crippen molar-refractivity contribution in [3.8, 4) is 0 Å². The lowest BCUT2D eigenvalue weighted by molar-refractivity contribution is 0.345. The highest BCUT2D eigenvalue weighted by Gasteiger charge is 2.20. The van der Waals surface area contributed by atoms with Crippen LogP contribution in [-0.2, 0) is 0 Å². The first-order chi connectivity index (χ1) is 3.29. The molecule has 1 radical (unpaired) electrons. The van der Waals surface area contributed by atoms with E-state index in [2.05, 4.69) is 21.0 Å². The molecule has 0 aromatic carbocycles. The molecule has 0 saturated heterocycles. The fraction of sp³-hybridized carbons (Fsp3) is 0.750. The van der Waals surface area contributed by atoms with E-state index in [1.165, 1.54) is 0 Å². The van der Waals surface area contributed by atoms with Crippen LogP contribution in [0.1, 0.15) is 6.42 Å². The number of hydrogen-bond acceptors (Lipinski definition) is 2. The van der Waals surface area contributed by atoms with Gasteiger partial charge in [-0.15, -0.1) is 5.01 Å². The molecule has 0 N–H and O–H groups in total. The van der Waals surface area contributed by atoms with Gasteiger partial charge in [-0.3, -0.25) is 0 Å². The second-order valence-corrected chi connectivity index (χ2v) is 2.52. The minimum absolute atomic E-state index is 1.06. The number of halogens is 1. The van der Waals surface area contributed by atoms with Gasteiger partial charge in [-0.2, -0.15) is 0 Å². The molecule has 0 unspecified atom stereocenters. The second-order valence-electron chi connectivity index (χ2n) is 1.61. The zero-order valence-electron chi connectivity index (χ0n) is 4.19. The van der Waals surface area contributed by atoms with Gasteiger partial charge in [0.05, 0.1) is 20.0 Å². The van der Waals surface area contributed by atoms with Crippen LogP contribution in [0.2, 0.25) is 0 Å². The summed E-state index contributed by atoms with van der Waals surface area (Å²) in [4.78, 5) is 0. The number of nitrogens with zero attached hydrogens (tertiary/aromatic N) is 2. The molecule has 7 heavy (non-hydrogen) atoms. The first-order valence-corrected chi connectivity index (χ1v) is 3.02. The molecule has 0 aliphatic carbocycles. The predicted molar refractivity (Wildman–Crippen MR) is 33.3 cm³/mol. The average molecular weight is 163 g/mol. The summed E-state index contributed by atoms with van der Waals surface area (Å²) in [6.07, 6.45) is 1.07. The molecule has 0 spiro atoms. The van der Waals surface area contributed by atoms with Crippen molar-refractivity contribution >= 4 is 20.6 Å². The highest BCUT2D eigenvalue weighted by atomic mass is 79.9. The first kappa shape index (κ1) is 5.09. The maximum atomic E-state index is 4.06. The molecule has 1 aliphatic heterocycles. The summed E-state index contributed by atoms with van der Waals surface area (Å²) >= 11 is 3.29. The fourth-order valence-electron chi connectivity index (χ4n) is 0.539. The summed E-state index contributed by atoms with van der Waals surface area (Å²) in [7, 11) is 1.97. The maximum absolute atomic E-state index is 4.06. The maximum Gasteiger partial charge on any atom is 0.329 e. The normalized spacial score (nSPS) is 20.3. The van der Waals surface area contributed by atoms with E-state index in [0.717, 1.165) is 17.6 Å². The van der Waals surface area contributed by atoms with E-state index in [0.29, 0.717) is 0 Å². The Balaban J connectivity index is 2.50. The Bertz CT molecular complexity index is 99.9. The van der Waals surface area contributed by atoms with Gasteiger partial charge >= 0.3 is 4.62 Å². The van der Waals surface area contributed by atoms with Gasteiger partial charge in [-0.25, -0.2) is 0 Å². The van der Waals surface area contributed by atoms with Crippen LogP contribution in [0.15, 0.2) is 0 Å². The van der Waals surface area contributed by atoms with Crippen molar-refractivity contribution in [1.29, 1.82) is 0 Å². The van der Waals surface area contributed by atoms with Gasteiger partial charge in [0, 0.05) is 15.9 Å². The minimum Gasteiger partial charge on any atom is -0.123 e. The smallest absolute Gasteiger partial charge is 0.123 e. The molecule has 1 heterocycles. The molecule has 0 saturated carbocycles. The van der Waals surface area contributed by atoms with Crippen LogP contribution in [0.4, 0.5) is 0 Å². The van der Waals surface area contributed by atoms with Gasteiger partial charge in [0.2, 0.25) is 0 Å². The Labute approximate surface area is 51.3 Å². The van der Waals surface area contributed by atoms with Gasteiger partial charge in [-0.1, -0.05) is 0 Å². The average Bonchev–Trinajstić information content (AvgIpc) is 1.87. The molecule has 2 nitrogen and oxygen atoms in total. The third kappa shape index (κ3) is 1.16. The lowest BCUT2D eigenvalue weighted by Crippen LogP contribution is -2.14. The van der Waals surface area contributed by atoms with Crippen LogP contribution >= 0.6 is 15.9 Å². The Morgan fingerprint density at radius 3 is 2.71 bits per heavy atom. The van der Waals surface area contributed by atoms with Crippen LogP contribution in [0.25, 0.3) is 0 Å². The van der Waals surface area contributed by atoms with Gasteiger partial charge in [0.25, 0.3) is 0 Å². The lowest BCUT2D eigenvalue weighted by Gasteiger charge is -1.85. The van der Waals surface area contributed by atoms with Crippen LogP contribution in [0.5, 0.6) is 0 Å². The second kappa shape index (κ2) is 1.82. The van der Waals surface area contributed by atoms with E-state index >= 15 is 0 Å². The van der Waals surface area contributed by atoms with Crippen LogP contribution < -0.4 is 5.10 Å². The van der Waals surface area contributed by atoms with Crippen molar-refractivity contribution < 1.29 is 0 Å². The molecule has 1 aliphatic rings. The Hall–Kier alpha value is -0.0500. The third-order valence-corrected chi connectivity index (χ3v) is 1.48. The van der Waals surface area contributed by atoms with Crippen molar-refractivity contribution in [3.05, 3.63) is 0 Å². The number of hydrogen-bond donors (Lipinski definition) is 0. The zero-order valence-corrected chi connectivity index (χ0v) is 5.77. The zero-order chi connectivity index (χ0) is 5.28. The molecule has 0 amide bonds.